The minimum absolute atomic E-state index is 0.0886. The summed E-state index contributed by atoms with van der Waals surface area (Å²) in [6, 6.07) is 17.2. The first-order valence-corrected chi connectivity index (χ1v) is 9.95. The summed E-state index contributed by atoms with van der Waals surface area (Å²) in [5.41, 5.74) is 1.75. The number of carbonyl (C=O) groups excluding carboxylic acids is 2. The molecule has 0 spiro atoms. The lowest BCUT2D eigenvalue weighted by Crippen LogP contribution is -2.37. The molecule has 1 atom stereocenters. The Bertz CT molecular complexity index is 774. The number of nitrogens with zero attached hydrogens (tertiary/aromatic N) is 1. The molecule has 0 aliphatic carbocycles. The fourth-order valence-corrected chi connectivity index (χ4v) is 3.70. The molecule has 28 heavy (non-hydrogen) atoms. The van der Waals surface area contributed by atoms with Crippen LogP contribution >= 0.6 is 0 Å². The SMILES string of the molecule is COc1ccc(C2CCCCCN2C(=O)CCNC(=O)c2ccccc2)cc1. The van der Waals surface area contributed by atoms with Gasteiger partial charge in [0.2, 0.25) is 5.91 Å². The maximum Gasteiger partial charge on any atom is 0.251 e. The Balaban J connectivity index is 1.61. The van der Waals surface area contributed by atoms with Crippen LogP contribution in [0.2, 0.25) is 0 Å². The van der Waals surface area contributed by atoms with Crippen molar-refractivity contribution in [3.8, 4) is 5.75 Å². The minimum atomic E-state index is -0.143. The lowest BCUT2D eigenvalue weighted by Gasteiger charge is -2.31. The highest BCUT2D eigenvalue weighted by molar-refractivity contribution is 5.94. The fourth-order valence-electron chi connectivity index (χ4n) is 3.70. The molecule has 0 radical (unpaired) electrons. The third kappa shape index (κ3) is 5.12. The van der Waals surface area contributed by atoms with E-state index in [4.69, 9.17) is 4.74 Å². The summed E-state index contributed by atoms with van der Waals surface area (Å²) in [4.78, 5) is 27.1. The molecule has 0 bridgehead atoms. The van der Waals surface area contributed by atoms with Crippen LogP contribution in [0, 0.1) is 0 Å². The maximum absolute atomic E-state index is 12.9. The van der Waals surface area contributed by atoms with Crippen molar-refractivity contribution < 1.29 is 14.3 Å². The van der Waals surface area contributed by atoms with Crippen LogP contribution in [0.15, 0.2) is 54.6 Å². The van der Waals surface area contributed by atoms with Crippen molar-refractivity contribution in [2.75, 3.05) is 20.2 Å². The van der Waals surface area contributed by atoms with E-state index < -0.39 is 0 Å². The van der Waals surface area contributed by atoms with Gasteiger partial charge in [-0.15, -0.1) is 0 Å². The molecule has 1 N–H and O–H groups in total. The van der Waals surface area contributed by atoms with E-state index in [0.29, 0.717) is 18.5 Å². The monoisotopic (exact) mass is 380 g/mol. The second kappa shape index (κ2) is 9.93. The van der Waals surface area contributed by atoms with Crippen molar-refractivity contribution >= 4 is 11.8 Å². The number of likely N-dealkylation sites (tertiary alicyclic amines) is 1. The van der Waals surface area contributed by atoms with Gasteiger partial charge >= 0.3 is 0 Å². The zero-order valence-corrected chi connectivity index (χ0v) is 16.4. The molecule has 2 amide bonds. The molecule has 5 heteroatoms. The van der Waals surface area contributed by atoms with Crippen LogP contribution in [0.3, 0.4) is 0 Å². The minimum Gasteiger partial charge on any atom is -0.497 e. The molecule has 1 unspecified atom stereocenters. The maximum atomic E-state index is 12.9. The second-order valence-electron chi connectivity index (χ2n) is 7.10. The first kappa shape index (κ1) is 19.9. The number of nitrogens with one attached hydrogen (secondary N) is 1. The second-order valence-corrected chi connectivity index (χ2v) is 7.10. The van der Waals surface area contributed by atoms with E-state index in [2.05, 4.69) is 5.32 Å². The first-order valence-electron chi connectivity index (χ1n) is 9.95. The number of benzene rings is 2. The molecule has 1 aliphatic rings. The fraction of sp³-hybridized carbons (Fsp3) is 0.391. The molecule has 1 heterocycles. The van der Waals surface area contributed by atoms with Gasteiger partial charge in [-0.2, -0.15) is 0 Å². The zero-order valence-electron chi connectivity index (χ0n) is 16.4. The Morgan fingerprint density at radius 3 is 2.50 bits per heavy atom. The summed E-state index contributed by atoms with van der Waals surface area (Å²) in [7, 11) is 1.65. The van der Waals surface area contributed by atoms with Crippen molar-refractivity contribution in [2.45, 2.75) is 38.1 Å². The van der Waals surface area contributed by atoms with Gasteiger partial charge in [0, 0.05) is 25.1 Å². The van der Waals surface area contributed by atoms with Crippen molar-refractivity contribution in [3.63, 3.8) is 0 Å². The number of rotatable bonds is 6. The van der Waals surface area contributed by atoms with Gasteiger partial charge in [0.25, 0.3) is 5.91 Å². The summed E-state index contributed by atoms with van der Waals surface area (Å²) in [5, 5.41) is 2.85. The summed E-state index contributed by atoms with van der Waals surface area (Å²) in [6.07, 6.45) is 4.56. The van der Waals surface area contributed by atoms with Crippen LogP contribution in [0.1, 0.15) is 54.1 Å². The van der Waals surface area contributed by atoms with E-state index in [-0.39, 0.29) is 17.9 Å². The Morgan fingerprint density at radius 2 is 1.79 bits per heavy atom. The normalized spacial score (nSPS) is 16.9. The van der Waals surface area contributed by atoms with E-state index in [1.807, 2.05) is 47.4 Å². The number of hydrogen-bond acceptors (Lipinski definition) is 3. The quantitative estimate of drug-likeness (QED) is 0.825. The average molecular weight is 380 g/mol. The number of methoxy groups -OCH3 is 1. The summed E-state index contributed by atoms with van der Waals surface area (Å²) in [6.45, 7) is 1.11. The third-order valence-corrected chi connectivity index (χ3v) is 5.23. The molecule has 2 aromatic carbocycles. The molecule has 0 saturated carbocycles. The molecule has 1 saturated heterocycles. The average Bonchev–Trinajstić information content (AvgIpc) is 3.00. The van der Waals surface area contributed by atoms with Gasteiger partial charge in [0.05, 0.1) is 13.2 Å². The molecule has 148 valence electrons. The van der Waals surface area contributed by atoms with Gasteiger partial charge in [-0.25, -0.2) is 0 Å². The van der Waals surface area contributed by atoms with Crippen LogP contribution in [0.5, 0.6) is 5.75 Å². The highest BCUT2D eigenvalue weighted by Crippen LogP contribution is 2.31. The number of amides is 2. The van der Waals surface area contributed by atoms with E-state index in [1.165, 1.54) is 0 Å². The molecule has 3 rings (SSSR count). The molecular formula is C23H28N2O3. The van der Waals surface area contributed by atoms with Gasteiger partial charge in [0.1, 0.15) is 5.75 Å². The van der Waals surface area contributed by atoms with Gasteiger partial charge in [-0.05, 0) is 42.7 Å². The van der Waals surface area contributed by atoms with E-state index >= 15 is 0 Å². The van der Waals surface area contributed by atoms with Crippen LogP contribution < -0.4 is 10.1 Å². The number of ether oxygens (including phenoxy) is 1. The topological polar surface area (TPSA) is 58.6 Å². The highest BCUT2D eigenvalue weighted by atomic mass is 16.5. The van der Waals surface area contributed by atoms with Gasteiger partial charge in [-0.3, -0.25) is 9.59 Å². The lowest BCUT2D eigenvalue weighted by molar-refractivity contribution is -0.133. The molecule has 2 aromatic rings. The van der Waals surface area contributed by atoms with Crippen LogP contribution in [-0.4, -0.2) is 36.9 Å². The standard InChI is InChI=1S/C23H28N2O3/c1-28-20-13-11-18(12-14-20)21-10-6-3-7-17-25(21)22(26)15-16-24-23(27)19-8-4-2-5-9-19/h2,4-5,8-9,11-14,21H,3,6-7,10,15-17H2,1H3,(H,24,27). The summed E-state index contributed by atoms with van der Waals surface area (Å²) < 4.78 is 5.25. The lowest BCUT2D eigenvalue weighted by atomic mass is 10.0. The smallest absolute Gasteiger partial charge is 0.251 e. The number of carbonyl (C=O) groups is 2. The van der Waals surface area contributed by atoms with Gasteiger partial charge in [0.15, 0.2) is 0 Å². The first-order chi connectivity index (χ1) is 13.7. The van der Waals surface area contributed by atoms with Gasteiger partial charge < -0.3 is 15.0 Å². The largest absolute Gasteiger partial charge is 0.497 e. The predicted molar refractivity (Wildman–Crippen MR) is 109 cm³/mol. The third-order valence-electron chi connectivity index (χ3n) is 5.23. The van der Waals surface area contributed by atoms with E-state index in [1.54, 1.807) is 19.2 Å². The Morgan fingerprint density at radius 1 is 1.04 bits per heavy atom. The van der Waals surface area contributed by atoms with Gasteiger partial charge in [-0.1, -0.05) is 43.2 Å². The molecule has 1 fully saturated rings. The zero-order chi connectivity index (χ0) is 19.8. The molecule has 0 aromatic heterocycles. The Labute approximate surface area is 166 Å². The predicted octanol–water partition coefficient (Wildman–Crippen LogP) is 3.96. The summed E-state index contributed by atoms with van der Waals surface area (Å²) >= 11 is 0. The molecule has 1 aliphatic heterocycles. The van der Waals surface area contributed by atoms with Crippen molar-refractivity contribution in [1.82, 2.24) is 10.2 Å². The number of hydrogen-bond donors (Lipinski definition) is 1. The molecule has 5 nitrogen and oxygen atoms in total. The Hall–Kier alpha value is -2.82. The highest BCUT2D eigenvalue weighted by Gasteiger charge is 2.26. The molecular weight excluding hydrogens is 352 g/mol. The van der Waals surface area contributed by atoms with Crippen LogP contribution in [-0.2, 0) is 4.79 Å². The van der Waals surface area contributed by atoms with E-state index in [0.717, 1.165) is 43.5 Å². The summed E-state index contributed by atoms with van der Waals surface area (Å²) in [5.74, 6) is 0.769. The van der Waals surface area contributed by atoms with Crippen molar-refractivity contribution in [1.29, 1.82) is 0 Å². The van der Waals surface area contributed by atoms with Crippen LogP contribution in [0.4, 0.5) is 0 Å². The van der Waals surface area contributed by atoms with Crippen molar-refractivity contribution in [3.05, 3.63) is 65.7 Å². The van der Waals surface area contributed by atoms with Crippen LogP contribution in [0.25, 0.3) is 0 Å². The van der Waals surface area contributed by atoms with Crippen molar-refractivity contribution in [2.24, 2.45) is 0 Å². The Kier molecular flexibility index (Phi) is 7.06. The van der Waals surface area contributed by atoms with E-state index in [9.17, 15) is 9.59 Å².